The lowest BCUT2D eigenvalue weighted by molar-refractivity contribution is 0.165. The lowest BCUT2D eigenvalue weighted by atomic mass is 9.63. The third kappa shape index (κ3) is 5.45. The zero-order valence-corrected chi connectivity index (χ0v) is 26.4. The second kappa shape index (κ2) is 12.4. The first kappa shape index (κ1) is 30.5. The van der Waals surface area contributed by atoms with Crippen LogP contribution in [0.3, 0.4) is 0 Å². The topological polar surface area (TPSA) is 78.5 Å². The van der Waals surface area contributed by atoms with Gasteiger partial charge in [-0.15, -0.1) is 0 Å². The van der Waals surface area contributed by atoms with Gasteiger partial charge in [-0.2, -0.15) is 0 Å². The molecule has 1 aliphatic heterocycles. The van der Waals surface area contributed by atoms with Crippen molar-refractivity contribution in [2.24, 2.45) is 11.8 Å². The first-order valence-corrected chi connectivity index (χ1v) is 16.2. The Balaban J connectivity index is 1.24. The molecule has 5 aliphatic rings. The van der Waals surface area contributed by atoms with Crippen LogP contribution in [0.25, 0.3) is 5.57 Å². The molecule has 0 aromatic carbocycles. The molecule has 44 heavy (non-hydrogen) atoms. The van der Waals surface area contributed by atoms with Gasteiger partial charge in [0.05, 0.1) is 11.4 Å². The van der Waals surface area contributed by atoms with Crippen LogP contribution in [0.4, 0.5) is 10.3 Å². The Bertz CT molecular complexity index is 1540. The molecule has 6 rings (SSSR count). The summed E-state index contributed by atoms with van der Waals surface area (Å²) < 4.78 is 14.1. The van der Waals surface area contributed by atoms with Crippen molar-refractivity contribution in [3.63, 3.8) is 0 Å². The summed E-state index contributed by atoms with van der Waals surface area (Å²) >= 11 is 0. The number of anilines is 1. The molecule has 0 bridgehead atoms. The van der Waals surface area contributed by atoms with Gasteiger partial charge in [0, 0.05) is 55.8 Å². The molecule has 1 aromatic rings. The van der Waals surface area contributed by atoms with Crippen LogP contribution in [0, 0.1) is 11.8 Å². The summed E-state index contributed by atoms with van der Waals surface area (Å²) in [6.45, 7) is 15.3. The number of fused-ring (bicyclic) bond motifs is 3. The molecule has 1 fully saturated rings. The fourth-order valence-electron chi connectivity index (χ4n) is 8.18. The molecular formula is C37H46FN5O. The minimum absolute atomic E-state index is 0.0591. The minimum Gasteiger partial charge on any atom is -0.384 e. The van der Waals surface area contributed by atoms with Gasteiger partial charge in [-0.3, -0.25) is 4.90 Å². The van der Waals surface area contributed by atoms with Crippen LogP contribution in [0.15, 0.2) is 89.5 Å². The highest BCUT2D eigenvalue weighted by Gasteiger charge is 2.54. The Kier molecular flexibility index (Phi) is 8.62. The van der Waals surface area contributed by atoms with Crippen molar-refractivity contribution in [2.75, 3.05) is 38.5 Å². The van der Waals surface area contributed by atoms with Crippen LogP contribution in [-0.2, 0) is 5.41 Å². The number of hydrogen-bond donors (Lipinski definition) is 2. The number of nitrogens with zero attached hydrogens (tertiary/aromatic N) is 4. The summed E-state index contributed by atoms with van der Waals surface area (Å²) in [5.41, 5.74) is 14.2. The van der Waals surface area contributed by atoms with E-state index < -0.39 is 11.5 Å². The highest BCUT2D eigenvalue weighted by Crippen LogP contribution is 2.59. The molecule has 1 aromatic heterocycles. The Morgan fingerprint density at radius 3 is 2.64 bits per heavy atom. The van der Waals surface area contributed by atoms with E-state index in [4.69, 9.17) is 10.7 Å². The van der Waals surface area contributed by atoms with Gasteiger partial charge in [0.1, 0.15) is 11.9 Å². The maximum Gasteiger partial charge on any atom is 0.220 e. The average Bonchev–Trinajstić information content (AvgIpc) is 3.23. The summed E-state index contributed by atoms with van der Waals surface area (Å²) in [6.07, 6.45) is 21.9. The Labute approximate surface area is 261 Å². The van der Waals surface area contributed by atoms with E-state index in [1.54, 1.807) is 6.08 Å². The molecule has 0 spiro atoms. The molecular weight excluding hydrogens is 549 g/mol. The first-order chi connectivity index (χ1) is 21.2. The molecule has 4 atom stereocenters. The molecule has 4 unspecified atom stereocenters. The van der Waals surface area contributed by atoms with Gasteiger partial charge < -0.3 is 15.7 Å². The van der Waals surface area contributed by atoms with Gasteiger partial charge in [0.2, 0.25) is 5.95 Å². The predicted molar refractivity (Wildman–Crippen MR) is 177 cm³/mol. The fourth-order valence-corrected chi connectivity index (χ4v) is 8.18. The molecule has 0 saturated carbocycles. The van der Waals surface area contributed by atoms with Crippen LogP contribution < -0.4 is 5.73 Å². The van der Waals surface area contributed by atoms with E-state index in [-0.39, 0.29) is 23.6 Å². The fraction of sp³-hybridized carbons (Fsp3) is 0.459. The van der Waals surface area contributed by atoms with E-state index in [1.807, 2.05) is 13.0 Å². The van der Waals surface area contributed by atoms with Crippen LogP contribution in [0.5, 0.6) is 0 Å². The van der Waals surface area contributed by atoms with Gasteiger partial charge in [0.15, 0.2) is 0 Å². The highest BCUT2D eigenvalue weighted by molar-refractivity contribution is 5.74. The second-order valence-electron chi connectivity index (χ2n) is 13.1. The number of nitrogens with two attached hydrogens (primary N) is 1. The van der Waals surface area contributed by atoms with E-state index >= 15 is 0 Å². The number of aliphatic hydroxyl groups excluding tert-OH is 1. The molecule has 4 aliphatic carbocycles. The molecule has 2 heterocycles. The summed E-state index contributed by atoms with van der Waals surface area (Å²) in [4.78, 5) is 14.5. The molecule has 3 N–H and O–H groups in total. The zero-order valence-electron chi connectivity index (χ0n) is 26.4. The number of rotatable bonds is 7. The van der Waals surface area contributed by atoms with Crippen LogP contribution in [-0.4, -0.2) is 57.6 Å². The van der Waals surface area contributed by atoms with Crippen molar-refractivity contribution in [3.05, 3.63) is 106 Å². The molecule has 0 radical (unpaired) electrons. The lowest BCUT2D eigenvalue weighted by Gasteiger charge is -2.42. The number of nitrogen functional groups attached to an aromatic ring is 1. The maximum atomic E-state index is 14.1. The number of aliphatic hydroxyl groups is 1. The quantitative estimate of drug-likeness (QED) is 0.264. The van der Waals surface area contributed by atoms with E-state index in [0.717, 1.165) is 80.8 Å². The summed E-state index contributed by atoms with van der Waals surface area (Å²) in [5, 5.41) is 11.8. The SMILES string of the molecule is C=CC=C(C=CC)CN1CCN(C2=CC=C(C3CCC=C4C(O)c5c(C6=CC=C(F)CC6C)nc(N)nc5C43C)CC2)CC1. The van der Waals surface area contributed by atoms with E-state index in [1.165, 1.54) is 22.9 Å². The van der Waals surface area contributed by atoms with Crippen LogP contribution in [0.2, 0.25) is 0 Å². The molecule has 6 nitrogen and oxygen atoms in total. The van der Waals surface area contributed by atoms with Crippen molar-refractivity contribution in [2.45, 2.75) is 64.4 Å². The monoisotopic (exact) mass is 595 g/mol. The largest absolute Gasteiger partial charge is 0.384 e. The number of halogens is 1. The van der Waals surface area contributed by atoms with Gasteiger partial charge in [-0.25, -0.2) is 14.4 Å². The van der Waals surface area contributed by atoms with Crippen molar-refractivity contribution >= 4 is 11.5 Å². The highest BCUT2D eigenvalue weighted by atomic mass is 19.1. The Morgan fingerprint density at radius 1 is 1.16 bits per heavy atom. The number of allylic oxidation sites excluding steroid dienone is 12. The van der Waals surface area contributed by atoms with Crippen molar-refractivity contribution in [1.29, 1.82) is 0 Å². The van der Waals surface area contributed by atoms with E-state index in [2.05, 4.69) is 71.7 Å². The van der Waals surface area contributed by atoms with Crippen LogP contribution >= 0.6 is 0 Å². The van der Waals surface area contributed by atoms with Gasteiger partial charge in [-0.05, 0) is 80.2 Å². The standard InChI is InChI=1S/C37H46FN5O/c1-5-8-25(9-6-2)23-42-18-20-43(21-19-42)28-15-12-26(13-16-28)30-10-7-11-31-34(44)32-33(29-17-14-27(38)22-24(29)3)40-36(39)41-35(32)37(30,31)4/h5-6,8-9,11-12,14-15,17,24,30,34,44H,1,7,10,13,16,18-23H2,2-4H3,(H2,39,40,41). The molecule has 232 valence electrons. The predicted octanol–water partition coefficient (Wildman–Crippen LogP) is 6.89. The number of aromatic nitrogens is 2. The van der Waals surface area contributed by atoms with Gasteiger partial charge in [-0.1, -0.05) is 61.6 Å². The van der Waals surface area contributed by atoms with Crippen molar-refractivity contribution < 1.29 is 9.50 Å². The molecule has 0 amide bonds. The van der Waals surface area contributed by atoms with Crippen molar-refractivity contribution in [1.82, 2.24) is 19.8 Å². The normalized spacial score (nSPS) is 29.4. The maximum absolute atomic E-state index is 14.1. The number of hydrogen-bond acceptors (Lipinski definition) is 6. The summed E-state index contributed by atoms with van der Waals surface area (Å²) in [5.74, 6) is 0.224. The van der Waals surface area contributed by atoms with Crippen molar-refractivity contribution in [3.8, 4) is 0 Å². The summed E-state index contributed by atoms with van der Waals surface area (Å²) in [6, 6.07) is 0. The lowest BCUT2D eigenvalue weighted by Crippen LogP contribution is -2.46. The van der Waals surface area contributed by atoms with E-state index in [9.17, 15) is 9.50 Å². The van der Waals surface area contributed by atoms with Crippen LogP contribution in [0.1, 0.15) is 75.9 Å². The molecule has 7 heteroatoms. The zero-order chi connectivity index (χ0) is 31.0. The third-order valence-electron chi connectivity index (χ3n) is 10.4. The Hall–Kier alpha value is -3.55. The van der Waals surface area contributed by atoms with Gasteiger partial charge >= 0.3 is 0 Å². The summed E-state index contributed by atoms with van der Waals surface area (Å²) in [7, 11) is 0. The third-order valence-corrected chi connectivity index (χ3v) is 10.4. The first-order valence-electron chi connectivity index (χ1n) is 16.2. The van der Waals surface area contributed by atoms with Gasteiger partial charge in [0.25, 0.3) is 0 Å². The average molecular weight is 596 g/mol. The Morgan fingerprint density at radius 2 is 1.95 bits per heavy atom. The van der Waals surface area contributed by atoms with E-state index in [0.29, 0.717) is 12.1 Å². The smallest absolute Gasteiger partial charge is 0.220 e. The second-order valence-corrected chi connectivity index (χ2v) is 13.1. The molecule has 1 saturated heterocycles. The minimum atomic E-state index is -0.793. The number of piperazine rings is 1.